The molecule has 0 saturated carbocycles. The number of thioether (sulfide) groups is 1. The number of hydrogen-bond donors (Lipinski definition) is 1. The Morgan fingerprint density at radius 1 is 1.25 bits per heavy atom. The zero-order chi connectivity index (χ0) is 16.8. The van der Waals surface area contributed by atoms with Crippen LogP contribution in [0.25, 0.3) is 0 Å². The molecule has 8 heteroatoms. The van der Waals surface area contributed by atoms with Crippen LogP contribution in [0.5, 0.6) is 11.5 Å². The van der Waals surface area contributed by atoms with Gasteiger partial charge in [-0.2, -0.15) is 0 Å². The highest BCUT2D eigenvalue weighted by Crippen LogP contribution is 2.34. The zero-order valence-corrected chi connectivity index (χ0v) is 14.3. The number of benzene rings is 1. The van der Waals surface area contributed by atoms with E-state index in [0.29, 0.717) is 17.2 Å². The Morgan fingerprint density at radius 3 is 2.96 bits per heavy atom. The molecule has 0 bridgehead atoms. The zero-order valence-electron chi connectivity index (χ0n) is 12.7. The number of nitrogens with one attached hydrogen (secondary N) is 1. The van der Waals surface area contributed by atoms with E-state index in [4.69, 9.17) is 14.2 Å². The first kappa shape index (κ1) is 16.7. The topological polar surface area (TPSA) is 73.9 Å². The minimum Gasteiger partial charge on any atom is -0.455 e. The van der Waals surface area contributed by atoms with Gasteiger partial charge in [0.05, 0.1) is 5.75 Å². The molecular formula is C16H15NO5S2. The molecule has 2 heterocycles. The third kappa shape index (κ3) is 4.65. The number of rotatable bonds is 7. The van der Waals surface area contributed by atoms with Gasteiger partial charge in [0.1, 0.15) is 0 Å². The number of esters is 1. The smallest absolute Gasteiger partial charge is 0.316 e. The van der Waals surface area contributed by atoms with Crippen LogP contribution in [0.4, 0.5) is 5.69 Å². The van der Waals surface area contributed by atoms with Crippen molar-refractivity contribution in [3.05, 3.63) is 40.6 Å². The molecule has 6 nitrogen and oxygen atoms in total. The summed E-state index contributed by atoms with van der Waals surface area (Å²) >= 11 is 3.11. The van der Waals surface area contributed by atoms with Gasteiger partial charge in [0.25, 0.3) is 5.91 Å². The summed E-state index contributed by atoms with van der Waals surface area (Å²) in [6, 6.07) is 9.06. The molecule has 0 radical (unpaired) electrons. The van der Waals surface area contributed by atoms with Crippen molar-refractivity contribution in [1.29, 1.82) is 0 Å². The Balaban J connectivity index is 1.36. The van der Waals surface area contributed by atoms with Crippen LogP contribution in [0, 0.1) is 0 Å². The fourth-order valence-corrected chi connectivity index (χ4v) is 3.65. The average Bonchev–Trinajstić information content (AvgIpc) is 3.24. The van der Waals surface area contributed by atoms with Gasteiger partial charge in [-0.1, -0.05) is 6.07 Å². The number of ether oxygens (including phenoxy) is 3. The number of carbonyl (C=O) groups excluding carboxylic acids is 2. The second-order valence-corrected chi connectivity index (χ2v) is 6.87. The molecule has 1 N–H and O–H groups in total. The van der Waals surface area contributed by atoms with Crippen LogP contribution >= 0.6 is 23.1 Å². The molecule has 1 aromatic heterocycles. The van der Waals surface area contributed by atoms with Crippen LogP contribution in [0.3, 0.4) is 0 Å². The highest BCUT2D eigenvalue weighted by Gasteiger charge is 2.14. The molecule has 0 spiro atoms. The maximum atomic E-state index is 11.8. The molecule has 24 heavy (non-hydrogen) atoms. The van der Waals surface area contributed by atoms with E-state index < -0.39 is 11.9 Å². The second-order valence-electron chi connectivity index (χ2n) is 4.85. The molecule has 1 amide bonds. The Hall–Kier alpha value is -2.19. The number of anilines is 1. The van der Waals surface area contributed by atoms with Crippen molar-refractivity contribution in [2.45, 2.75) is 5.75 Å². The van der Waals surface area contributed by atoms with Crippen molar-refractivity contribution in [1.82, 2.24) is 0 Å². The lowest BCUT2D eigenvalue weighted by molar-refractivity contribution is -0.144. The van der Waals surface area contributed by atoms with Crippen LogP contribution in [0.2, 0.25) is 0 Å². The maximum Gasteiger partial charge on any atom is 0.316 e. The average molecular weight is 365 g/mol. The van der Waals surface area contributed by atoms with E-state index in [9.17, 15) is 9.59 Å². The lowest BCUT2D eigenvalue weighted by Crippen LogP contribution is -2.21. The molecule has 1 aliphatic rings. The molecule has 3 rings (SSSR count). The van der Waals surface area contributed by atoms with Crippen LogP contribution in [-0.2, 0) is 20.1 Å². The third-order valence-corrected chi connectivity index (χ3v) is 5.08. The Bertz CT molecular complexity index is 717. The minimum absolute atomic E-state index is 0.174. The van der Waals surface area contributed by atoms with Crippen LogP contribution in [0.15, 0.2) is 35.7 Å². The summed E-state index contributed by atoms with van der Waals surface area (Å²) in [5.74, 6) is 1.39. The van der Waals surface area contributed by atoms with E-state index in [-0.39, 0.29) is 19.2 Å². The summed E-state index contributed by atoms with van der Waals surface area (Å²) in [6.45, 7) is -0.139. The Labute approximate surface area is 147 Å². The summed E-state index contributed by atoms with van der Waals surface area (Å²) in [7, 11) is 0. The Kier molecular flexibility index (Phi) is 5.60. The Morgan fingerprint density at radius 2 is 2.12 bits per heavy atom. The van der Waals surface area contributed by atoms with Crippen LogP contribution in [-0.4, -0.2) is 31.0 Å². The lowest BCUT2D eigenvalue weighted by Gasteiger charge is -2.07. The lowest BCUT2D eigenvalue weighted by atomic mass is 10.3. The largest absolute Gasteiger partial charge is 0.455 e. The first-order chi connectivity index (χ1) is 11.7. The van der Waals surface area contributed by atoms with Crippen molar-refractivity contribution < 1.29 is 23.8 Å². The third-order valence-electron chi connectivity index (χ3n) is 3.06. The molecule has 1 aliphatic heterocycles. The number of carbonyl (C=O) groups is 2. The maximum absolute atomic E-state index is 11.8. The van der Waals surface area contributed by atoms with Crippen LogP contribution < -0.4 is 14.8 Å². The van der Waals surface area contributed by atoms with Gasteiger partial charge in [-0.3, -0.25) is 9.59 Å². The summed E-state index contributed by atoms with van der Waals surface area (Å²) < 4.78 is 15.4. The van der Waals surface area contributed by atoms with Crippen molar-refractivity contribution in [2.24, 2.45) is 0 Å². The summed E-state index contributed by atoms with van der Waals surface area (Å²) in [5.41, 5.74) is 0.562. The van der Waals surface area contributed by atoms with Crippen molar-refractivity contribution in [3.8, 4) is 11.5 Å². The number of thiophene rings is 1. The van der Waals surface area contributed by atoms with Crippen molar-refractivity contribution in [3.63, 3.8) is 0 Å². The van der Waals surface area contributed by atoms with E-state index in [0.717, 1.165) is 5.75 Å². The highest BCUT2D eigenvalue weighted by atomic mass is 32.2. The molecular weight excluding hydrogens is 350 g/mol. The number of hydrogen-bond acceptors (Lipinski definition) is 7. The predicted octanol–water partition coefficient (Wildman–Crippen LogP) is 2.89. The van der Waals surface area contributed by atoms with Gasteiger partial charge in [-0.15, -0.1) is 23.1 Å². The van der Waals surface area contributed by atoms with Gasteiger partial charge in [0, 0.05) is 22.4 Å². The summed E-state index contributed by atoms with van der Waals surface area (Å²) in [6.07, 6.45) is 0. The molecule has 2 aromatic rings. The molecule has 0 aliphatic carbocycles. The van der Waals surface area contributed by atoms with E-state index in [1.54, 1.807) is 29.5 Å². The predicted molar refractivity (Wildman–Crippen MR) is 92.6 cm³/mol. The van der Waals surface area contributed by atoms with E-state index in [2.05, 4.69) is 5.32 Å². The number of fused-ring (bicyclic) bond motifs is 1. The standard InChI is InChI=1S/C16H15NO5S2/c18-15(17-11-3-4-13-14(6-11)22-10-21-13)7-20-16(19)9-23-8-12-2-1-5-24-12/h1-6H,7-10H2,(H,17,18). The van der Waals surface area contributed by atoms with Gasteiger partial charge < -0.3 is 19.5 Å². The number of amides is 1. The fourth-order valence-electron chi connectivity index (χ4n) is 1.99. The van der Waals surface area contributed by atoms with Gasteiger partial charge in [0.15, 0.2) is 18.1 Å². The quantitative estimate of drug-likeness (QED) is 0.761. The molecule has 126 valence electrons. The van der Waals surface area contributed by atoms with Gasteiger partial charge in [-0.05, 0) is 23.6 Å². The summed E-state index contributed by atoms with van der Waals surface area (Å²) in [4.78, 5) is 24.6. The molecule has 0 unspecified atom stereocenters. The van der Waals surface area contributed by atoms with Gasteiger partial charge in [0.2, 0.25) is 6.79 Å². The fraction of sp³-hybridized carbons (Fsp3) is 0.250. The highest BCUT2D eigenvalue weighted by molar-refractivity contribution is 7.99. The van der Waals surface area contributed by atoms with E-state index in [1.807, 2.05) is 17.5 Å². The first-order valence-electron chi connectivity index (χ1n) is 7.16. The van der Waals surface area contributed by atoms with Crippen molar-refractivity contribution >= 4 is 40.7 Å². The van der Waals surface area contributed by atoms with Gasteiger partial charge in [-0.25, -0.2) is 0 Å². The SMILES string of the molecule is O=C(COC(=O)CSCc1cccs1)Nc1ccc2c(c1)OCO2. The van der Waals surface area contributed by atoms with E-state index >= 15 is 0 Å². The monoisotopic (exact) mass is 365 g/mol. The van der Waals surface area contributed by atoms with E-state index in [1.165, 1.54) is 16.6 Å². The molecule has 0 saturated heterocycles. The van der Waals surface area contributed by atoms with Crippen molar-refractivity contribution in [2.75, 3.05) is 24.5 Å². The molecule has 0 atom stereocenters. The minimum atomic E-state index is -0.405. The first-order valence-corrected chi connectivity index (χ1v) is 9.19. The van der Waals surface area contributed by atoms with Crippen LogP contribution in [0.1, 0.15) is 4.88 Å². The van der Waals surface area contributed by atoms with Gasteiger partial charge >= 0.3 is 5.97 Å². The molecule has 1 aromatic carbocycles. The molecule has 0 fully saturated rings. The summed E-state index contributed by atoms with van der Waals surface area (Å²) in [5, 5.41) is 4.64. The normalized spacial score (nSPS) is 12.0. The second kappa shape index (κ2) is 8.07.